The Morgan fingerprint density at radius 1 is 1.16 bits per heavy atom. The number of amides is 1. The molecule has 1 amide bonds. The number of rotatable bonds is 9. The summed E-state index contributed by atoms with van der Waals surface area (Å²) in [5.74, 6) is -0.945. The third kappa shape index (κ3) is 6.46. The summed E-state index contributed by atoms with van der Waals surface area (Å²) >= 11 is 0. The molecule has 1 aromatic rings. The lowest BCUT2D eigenvalue weighted by atomic mass is 10.1. The van der Waals surface area contributed by atoms with E-state index in [1.807, 2.05) is 0 Å². The zero-order valence-electron chi connectivity index (χ0n) is 14.9. The molecule has 7 nitrogen and oxygen atoms in total. The molecule has 0 bridgehead atoms. The van der Waals surface area contributed by atoms with Crippen molar-refractivity contribution in [1.82, 2.24) is 5.32 Å². The lowest BCUT2D eigenvalue weighted by Gasteiger charge is -2.17. The van der Waals surface area contributed by atoms with Crippen molar-refractivity contribution in [1.29, 1.82) is 0 Å². The first-order valence-corrected chi connectivity index (χ1v) is 9.30. The number of hydrogen-bond acceptors (Lipinski definition) is 6. The third-order valence-corrected chi connectivity index (χ3v) is 5.36. The van der Waals surface area contributed by atoms with Gasteiger partial charge in [-0.25, -0.2) is 4.79 Å². The number of nitrogens with one attached hydrogen (secondary N) is 1. The number of esters is 1. The van der Waals surface area contributed by atoms with Crippen molar-refractivity contribution in [2.75, 3.05) is 21.3 Å². The van der Waals surface area contributed by atoms with E-state index in [1.165, 1.54) is 21.3 Å². The van der Waals surface area contributed by atoms with Crippen molar-refractivity contribution in [3.8, 4) is 0 Å². The average molecular weight is 369 g/mol. The monoisotopic (exact) mass is 369 g/mol. The van der Waals surface area contributed by atoms with Gasteiger partial charge < -0.3 is 19.1 Å². The van der Waals surface area contributed by atoms with Crippen LogP contribution in [0.1, 0.15) is 29.3 Å². The molecule has 0 heterocycles. The van der Waals surface area contributed by atoms with Gasteiger partial charge in [0.15, 0.2) is 0 Å². The van der Waals surface area contributed by atoms with E-state index < -0.39 is 25.5 Å². The molecule has 1 rings (SSSR count). The SMILES string of the molecule is C=C(C)C[C@H](NC(=O)c1ccc(CP(=O)(OC)OC)cc1)C(=O)OC. The zero-order chi connectivity index (χ0) is 19.0. The van der Waals surface area contributed by atoms with Gasteiger partial charge in [-0.2, -0.15) is 0 Å². The lowest BCUT2D eigenvalue weighted by Crippen LogP contribution is -2.41. The summed E-state index contributed by atoms with van der Waals surface area (Å²) in [6.45, 7) is 5.51. The molecule has 138 valence electrons. The third-order valence-electron chi connectivity index (χ3n) is 3.49. The second kappa shape index (κ2) is 9.51. The lowest BCUT2D eigenvalue weighted by molar-refractivity contribution is -0.142. The van der Waals surface area contributed by atoms with Crippen molar-refractivity contribution < 1.29 is 27.9 Å². The van der Waals surface area contributed by atoms with Crippen molar-refractivity contribution in [2.24, 2.45) is 0 Å². The first kappa shape index (κ1) is 21.1. The molecule has 0 fully saturated rings. The summed E-state index contributed by atoms with van der Waals surface area (Å²) in [6.07, 6.45) is 0.393. The number of hydrogen-bond donors (Lipinski definition) is 1. The predicted molar refractivity (Wildman–Crippen MR) is 94.5 cm³/mol. The molecule has 1 atom stereocenters. The number of methoxy groups -OCH3 is 1. The van der Waals surface area contributed by atoms with Gasteiger partial charge in [0.2, 0.25) is 0 Å². The van der Waals surface area contributed by atoms with E-state index in [9.17, 15) is 14.2 Å². The van der Waals surface area contributed by atoms with Crippen LogP contribution in [0, 0.1) is 0 Å². The van der Waals surface area contributed by atoms with Crippen LogP contribution >= 0.6 is 7.60 Å². The molecule has 0 radical (unpaired) electrons. The highest BCUT2D eigenvalue weighted by Gasteiger charge is 2.23. The maximum Gasteiger partial charge on any atom is 0.334 e. The second-order valence-corrected chi connectivity index (χ2v) is 7.81. The minimum atomic E-state index is -3.17. The van der Waals surface area contributed by atoms with Gasteiger partial charge >= 0.3 is 13.6 Å². The quantitative estimate of drug-likeness (QED) is 0.409. The maximum absolute atomic E-state index is 12.3. The number of carbonyl (C=O) groups excluding carboxylic acids is 2. The Morgan fingerprint density at radius 3 is 2.16 bits per heavy atom. The molecule has 1 aromatic carbocycles. The van der Waals surface area contributed by atoms with E-state index in [4.69, 9.17) is 13.8 Å². The summed E-state index contributed by atoms with van der Waals surface area (Å²) in [6, 6.07) is 5.68. The second-order valence-electron chi connectivity index (χ2n) is 5.54. The Labute approximate surface area is 147 Å². The van der Waals surface area contributed by atoms with Crippen molar-refractivity contribution in [3.63, 3.8) is 0 Å². The molecule has 0 saturated carbocycles. The molecular formula is C17H24NO6P. The smallest absolute Gasteiger partial charge is 0.334 e. The first-order valence-electron chi connectivity index (χ1n) is 7.57. The summed E-state index contributed by atoms with van der Waals surface area (Å²) in [5.41, 5.74) is 1.82. The minimum Gasteiger partial charge on any atom is -0.467 e. The number of carbonyl (C=O) groups is 2. The van der Waals surface area contributed by atoms with E-state index in [0.717, 1.165) is 5.57 Å². The Bertz CT molecular complexity index is 662. The highest BCUT2D eigenvalue weighted by Crippen LogP contribution is 2.49. The van der Waals surface area contributed by atoms with Crippen LogP contribution in [0.2, 0.25) is 0 Å². The number of ether oxygens (including phenoxy) is 1. The van der Waals surface area contributed by atoms with Gasteiger partial charge in [0.1, 0.15) is 6.04 Å². The summed E-state index contributed by atoms with van der Waals surface area (Å²) in [4.78, 5) is 24.1. The minimum absolute atomic E-state index is 0.0995. The molecule has 0 saturated heterocycles. The summed E-state index contributed by atoms with van der Waals surface area (Å²) in [7, 11) is 0.734. The first-order chi connectivity index (χ1) is 11.7. The molecule has 0 unspecified atom stereocenters. The molecule has 0 aliphatic heterocycles. The van der Waals surface area contributed by atoms with Crippen LogP contribution in [0.25, 0.3) is 0 Å². The highest BCUT2D eigenvalue weighted by atomic mass is 31.2. The van der Waals surface area contributed by atoms with Gasteiger partial charge in [0, 0.05) is 19.8 Å². The van der Waals surface area contributed by atoms with Crippen LogP contribution in [0.5, 0.6) is 0 Å². The van der Waals surface area contributed by atoms with E-state index in [-0.39, 0.29) is 6.16 Å². The van der Waals surface area contributed by atoms with Crippen LogP contribution in [-0.2, 0) is 29.3 Å². The molecule has 0 aliphatic rings. The topological polar surface area (TPSA) is 90.9 Å². The molecule has 8 heteroatoms. The van der Waals surface area contributed by atoms with Crippen molar-refractivity contribution in [2.45, 2.75) is 25.5 Å². The maximum atomic E-state index is 12.3. The van der Waals surface area contributed by atoms with E-state index in [1.54, 1.807) is 31.2 Å². The fourth-order valence-corrected chi connectivity index (χ4v) is 3.18. The van der Waals surface area contributed by atoms with Crippen LogP contribution < -0.4 is 5.32 Å². The van der Waals surface area contributed by atoms with Crippen LogP contribution in [0.3, 0.4) is 0 Å². The van der Waals surface area contributed by atoms with Gasteiger partial charge in [0.25, 0.3) is 5.91 Å². The fourth-order valence-electron chi connectivity index (χ4n) is 2.11. The predicted octanol–water partition coefficient (Wildman–Crippen LogP) is 2.91. The van der Waals surface area contributed by atoms with E-state index in [2.05, 4.69) is 11.9 Å². The fraction of sp³-hybridized carbons (Fsp3) is 0.412. The van der Waals surface area contributed by atoms with Gasteiger partial charge in [-0.3, -0.25) is 9.36 Å². The molecule has 25 heavy (non-hydrogen) atoms. The largest absolute Gasteiger partial charge is 0.467 e. The zero-order valence-corrected chi connectivity index (χ0v) is 15.8. The van der Waals surface area contributed by atoms with Crippen LogP contribution in [0.4, 0.5) is 0 Å². The Kier molecular flexibility index (Phi) is 8.03. The van der Waals surface area contributed by atoms with Gasteiger partial charge in [-0.1, -0.05) is 17.7 Å². The van der Waals surface area contributed by atoms with Gasteiger partial charge in [-0.05, 0) is 31.0 Å². The Hall–Kier alpha value is -1.95. The van der Waals surface area contributed by atoms with Gasteiger partial charge in [-0.15, -0.1) is 6.58 Å². The molecule has 1 N–H and O–H groups in total. The van der Waals surface area contributed by atoms with Gasteiger partial charge in [0.05, 0.1) is 13.3 Å². The molecule has 0 aliphatic carbocycles. The average Bonchev–Trinajstić information content (AvgIpc) is 2.60. The van der Waals surface area contributed by atoms with Crippen LogP contribution in [0.15, 0.2) is 36.4 Å². The van der Waals surface area contributed by atoms with E-state index >= 15 is 0 Å². The van der Waals surface area contributed by atoms with E-state index in [0.29, 0.717) is 17.5 Å². The van der Waals surface area contributed by atoms with Crippen molar-refractivity contribution >= 4 is 19.5 Å². The molecule has 0 aromatic heterocycles. The Balaban J connectivity index is 2.83. The Morgan fingerprint density at radius 2 is 1.72 bits per heavy atom. The van der Waals surface area contributed by atoms with Crippen LogP contribution in [-0.4, -0.2) is 39.2 Å². The normalized spacial score (nSPS) is 12.3. The van der Waals surface area contributed by atoms with Crippen molar-refractivity contribution in [3.05, 3.63) is 47.5 Å². The highest BCUT2D eigenvalue weighted by molar-refractivity contribution is 7.52. The number of benzene rings is 1. The molecular weight excluding hydrogens is 345 g/mol. The standard InChI is InChI=1S/C17H24NO6P/c1-12(2)10-15(17(20)22-3)18-16(19)14-8-6-13(7-9-14)11-25(21,23-4)24-5/h6-9,15H,1,10-11H2,2-5H3,(H,18,19)/t15-/m0/s1. The summed E-state index contributed by atoms with van der Waals surface area (Å²) < 4.78 is 26.6. The summed E-state index contributed by atoms with van der Waals surface area (Å²) in [5, 5.41) is 2.63. The molecule has 0 spiro atoms.